The van der Waals surface area contributed by atoms with Crippen LogP contribution in [0.25, 0.3) is 10.4 Å². The van der Waals surface area contributed by atoms with Crippen LogP contribution in [-0.4, -0.2) is 12.6 Å². The Bertz CT molecular complexity index is 544. The monoisotopic (exact) mass is 281 g/mol. The van der Waals surface area contributed by atoms with E-state index in [0.717, 1.165) is 21.7 Å². The second-order valence-corrected chi connectivity index (χ2v) is 5.78. The van der Waals surface area contributed by atoms with Crippen molar-refractivity contribution in [1.82, 2.24) is 0 Å². The summed E-state index contributed by atoms with van der Waals surface area (Å²) >= 11 is 3.09. The molecule has 2 heterocycles. The van der Waals surface area contributed by atoms with Crippen molar-refractivity contribution in [1.29, 1.82) is 0 Å². The molecule has 3 nitrogen and oxygen atoms in total. The molecule has 2 aromatic heterocycles. The van der Waals surface area contributed by atoms with Gasteiger partial charge in [-0.15, -0.1) is 22.7 Å². The molecule has 2 N–H and O–H groups in total. The molecule has 0 saturated heterocycles. The molecule has 0 amide bonds. The molecular weight excluding hydrogens is 266 g/mol. The Morgan fingerprint density at radius 3 is 2.78 bits per heavy atom. The minimum Gasteiger partial charge on any atom is -0.462 e. The number of hydrogen-bond acceptors (Lipinski definition) is 5. The zero-order valence-electron chi connectivity index (χ0n) is 10.4. The van der Waals surface area contributed by atoms with Gasteiger partial charge in [-0.05, 0) is 24.8 Å². The van der Waals surface area contributed by atoms with Crippen LogP contribution in [0.4, 0.5) is 5.00 Å². The molecule has 2 aromatic rings. The van der Waals surface area contributed by atoms with Gasteiger partial charge in [0, 0.05) is 15.3 Å². The van der Waals surface area contributed by atoms with Gasteiger partial charge in [0.25, 0.3) is 0 Å². The van der Waals surface area contributed by atoms with E-state index in [9.17, 15) is 4.79 Å². The minimum atomic E-state index is -0.325. The van der Waals surface area contributed by atoms with Crippen molar-refractivity contribution in [3.05, 3.63) is 28.0 Å². The number of esters is 1. The Kier molecular flexibility index (Phi) is 4.04. The van der Waals surface area contributed by atoms with Crippen molar-refractivity contribution < 1.29 is 9.53 Å². The molecule has 0 atom stereocenters. The molecule has 0 aliphatic heterocycles. The Balaban J connectivity index is 2.57. The molecule has 0 radical (unpaired) electrons. The van der Waals surface area contributed by atoms with Crippen LogP contribution in [0.2, 0.25) is 0 Å². The normalized spacial score (nSPS) is 10.6. The van der Waals surface area contributed by atoms with Gasteiger partial charge >= 0.3 is 5.97 Å². The first-order valence-electron chi connectivity index (χ1n) is 5.81. The number of nitrogen functional groups attached to an aromatic ring is 1. The largest absolute Gasteiger partial charge is 0.462 e. The highest BCUT2D eigenvalue weighted by molar-refractivity contribution is 7.18. The van der Waals surface area contributed by atoms with Gasteiger partial charge in [0.2, 0.25) is 0 Å². The molecule has 0 fully saturated rings. The number of thiophene rings is 2. The maximum Gasteiger partial charge on any atom is 0.341 e. The van der Waals surface area contributed by atoms with Gasteiger partial charge in [0.05, 0.1) is 6.61 Å². The highest BCUT2D eigenvalue weighted by Gasteiger charge is 2.24. The number of carbonyl (C=O) groups excluding carboxylic acids is 1. The maximum atomic E-state index is 12.0. The third kappa shape index (κ3) is 2.28. The van der Waals surface area contributed by atoms with Crippen molar-refractivity contribution >= 4 is 33.6 Å². The zero-order chi connectivity index (χ0) is 13.1. The van der Waals surface area contributed by atoms with E-state index < -0.39 is 0 Å². The second-order valence-electron chi connectivity index (χ2n) is 3.69. The molecule has 96 valence electrons. The second kappa shape index (κ2) is 5.54. The van der Waals surface area contributed by atoms with Gasteiger partial charge in [-0.2, -0.15) is 0 Å². The Labute approximate surface area is 114 Å². The van der Waals surface area contributed by atoms with E-state index in [4.69, 9.17) is 10.5 Å². The number of rotatable bonds is 4. The average molecular weight is 281 g/mol. The number of ether oxygens (including phenoxy) is 1. The molecule has 5 heteroatoms. The molecule has 0 aliphatic carbocycles. The van der Waals surface area contributed by atoms with Crippen molar-refractivity contribution in [2.45, 2.75) is 20.3 Å². The smallest absolute Gasteiger partial charge is 0.341 e. The van der Waals surface area contributed by atoms with Crippen LogP contribution in [0.5, 0.6) is 0 Å². The summed E-state index contributed by atoms with van der Waals surface area (Å²) in [6, 6.07) is 3.98. The van der Waals surface area contributed by atoms with Crippen molar-refractivity contribution in [2.75, 3.05) is 12.3 Å². The lowest BCUT2D eigenvalue weighted by atomic mass is 10.1. The number of hydrogen-bond donors (Lipinski definition) is 1. The fraction of sp³-hybridized carbons (Fsp3) is 0.308. The number of nitrogens with two attached hydrogens (primary N) is 1. The van der Waals surface area contributed by atoms with Crippen LogP contribution < -0.4 is 5.73 Å². The first-order chi connectivity index (χ1) is 8.69. The van der Waals surface area contributed by atoms with E-state index in [1.165, 1.54) is 11.3 Å². The van der Waals surface area contributed by atoms with E-state index in [1.807, 2.05) is 17.5 Å². The summed E-state index contributed by atoms with van der Waals surface area (Å²) in [6.45, 7) is 4.22. The van der Waals surface area contributed by atoms with Crippen LogP contribution in [0, 0.1) is 0 Å². The molecule has 2 rings (SSSR count). The maximum absolute atomic E-state index is 12.0. The van der Waals surface area contributed by atoms with Gasteiger partial charge in [-0.1, -0.05) is 13.0 Å². The lowest BCUT2D eigenvalue weighted by molar-refractivity contribution is 0.0529. The standard InChI is InChI=1S/C13H15NO2S2/c1-3-8-10(9-6-5-7-17-9)11(12(14)18-8)13(15)16-4-2/h5-7H,3-4,14H2,1-2H3. The van der Waals surface area contributed by atoms with Gasteiger partial charge in [0.1, 0.15) is 10.6 Å². The van der Waals surface area contributed by atoms with Crippen molar-refractivity contribution in [3.63, 3.8) is 0 Å². The van der Waals surface area contributed by atoms with Gasteiger partial charge < -0.3 is 10.5 Å². The molecule has 0 spiro atoms. The van der Waals surface area contributed by atoms with E-state index in [-0.39, 0.29) is 5.97 Å². The summed E-state index contributed by atoms with van der Waals surface area (Å²) in [5.74, 6) is -0.325. The fourth-order valence-electron chi connectivity index (χ4n) is 1.83. The van der Waals surface area contributed by atoms with Crippen LogP contribution in [0.3, 0.4) is 0 Å². The predicted molar refractivity (Wildman–Crippen MR) is 77.4 cm³/mol. The first kappa shape index (κ1) is 13.1. The number of anilines is 1. The first-order valence-corrected chi connectivity index (χ1v) is 7.50. The van der Waals surface area contributed by atoms with E-state index in [1.54, 1.807) is 18.3 Å². The van der Waals surface area contributed by atoms with Crippen LogP contribution in [0.15, 0.2) is 17.5 Å². The summed E-state index contributed by atoms with van der Waals surface area (Å²) < 4.78 is 5.10. The van der Waals surface area contributed by atoms with E-state index in [0.29, 0.717) is 17.2 Å². The Morgan fingerprint density at radius 2 is 2.22 bits per heavy atom. The lowest BCUT2D eigenvalue weighted by Gasteiger charge is -2.05. The third-order valence-corrected chi connectivity index (χ3v) is 4.63. The zero-order valence-corrected chi connectivity index (χ0v) is 12.0. The topological polar surface area (TPSA) is 52.3 Å². The average Bonchev–Trinajstić information content (AvgIpc) is 2.95. The number of aryl methyl sites for hydroxylation is 1. The highest BCUT2D eigenvalue weighted by Crippen LogP contribution is 2.41. The van der Waals surface area contributed by atoms with Gasteiger partial charge in [-0.3, -0.25) is 0 Å². The van der Waals surface area contributed by atoms with E-state index in [2.05, 4.69) is 6.92 Å². The van der Waals surface area contributed by atoms with Crippen molar-refractivity contribution in [3.8, 4) is 10.4 Å². The SMILES string of the molecule is CCOC(=O)c1c(N)sc(CC)c1-c1cccs1. The third-order valence-electron chi connectivity index (χ3n) is 2.58. The summed E-state index contributed by atoms with van der Waals surface area (Å²) in [4.78, 5) is 14.2. The Hall–Kier alpha value is -1.33. The summed E-state index contributed by atoms with van der Waals surface area (Å²) in [6.07, 6.45) is 0.863. The molecule has 0 aromatic carbocycles. The van der Waals surface area contributed by atoms with Gasteiger partial charge in [0.15, 0.2) is 0 Å². The molecule has 18 heavy (non-hydrogen) atoms. The molecular formula is C13H15NO2S2. The summed E-state index contributed by atoms with van der Waals surface area (Å²) in [5, 5.41) is 2.55. The van der Waals surface area contributed by atoms with Crippen LogP contribution in [0.1, 0.15) is 29.1 Å². The predicted octanol–water partition coefficient (Wildman–Crippen LogP) is 3.80. The van der Waals surface area contributed by atoms with Crippen molar-refractivity contribution in [2.24, 2.45) is 0 Å². The fourth-order valence-corrected chi connectivity index (χ4v) is 3.71. The lowest BCUT2D eigenvalue weighted by Crippen LogP contribution is -2.07. The molecule has 0 unspecified atom stereocenters. The van der Waals surface area contributed by atoms with Gasteiger partial charge in [-0.25, -0.2) is 4.79 Å². The quantitative estimate of drug-likeness (QED) is 0.867. The molecule has 0 bridgehead atoms. The van der Waals surface area contributed by atoms with E-state index >= 15 is 0 Å². The summed E-state index contributed by atoms with van der Waals surface area (Å²) in [5.41, 5.74) is 7.46. The minimum absolute atomic E-state index is 0.325. The van der Waals surface area contributed by atoms with Crippen LogP contribution in [-0.2, 0) is 11.2 Å². The molecule has 0 saturated carbocycles. The summed E-state index contributed by atoms with van der Waals surface area (Å²) in [7, 11) is 0. The highest BCUT2D eigenvalue weighted by atomic mass is 32.1. The van der Waals surface area contributed by atoms with Crippen LogP contribution >= 0.6 is 22.7 Å². The number of carbonyl (C=O) groups is 1. The molecule has 0 aliphatic rings. The Morgan fingerprint density at radius 1 is 1.44 bits per heavy atom.